The Morgan fingerprint density at radius 3 is 2.32 bits per heavy atom. The van der Waals surface area contributed by atoms with Crippen LogP contribution in [0.25, 0.3) is 0 Å². The van der Waals surface area contributed by atoms with Crippen LogP contribution in [0, 0.1) is 11.8 Å². The third-order valence-corrected chi connectivity index (χ3v) is 3.52. The van der Waals surface area contributed by atoms with Gasteiger partial charge in [-0.1, -0.05) is 6.92 Å². The van der Waals surface area contributed by atoms with E-state index in [1.807, 2.05) is 25.7 Å². The van der Waals surface area contributed by atoms with Crippen molar-refractivity contribution in [2.24, 2.45) is 17.6 Å². The van der Waals surface area contributed by atoms with Gasteiger partial charge in [-0.3, -0.25) is 0 Å². The molecule has 2 N–H and O–H groups in total. The predicted molar refractivity (Wildman–Crippen MR) is 78.0 cm³/mol. The Hall–Kier alpha value is -0.770. The normalized spacial score (nSPS) is 25.3. The zero-order valence-corrected chi connectivity index (χ0v) is 13.3. The van der Waals surface area contributed by atoms with Crippen molar-refractivity contribution in [3.05, 3.63) is 0 Å². The minimum Gasteiger partial charge on any atom is -0.444 e. The van der Waals surface area contributed by atoms with Gasteiger partial charge in [0.25, 0.3) is 0 Å². The molecule has 1 amide bonds. The van der Waals surface area contributed by atoms with Gasteiger partial charge in [0.2, 0.25) is 0 Å². The van der Waals surface area contributed by atoms with Crippen LogP contribution in [0.2, 0.25) is 0 Å². The lowest BCUT2D eigenvalue weighted by atomic mass is 9.79. The lowest BCUT2D eigenvalue weighted by Gasteiger charge is -2.39. The van der Waals surface area contributed by atoms with Crippen LogP contribution in [0.15, 0.2) is 0 Å². The first-order chi connectivity index (χ1) is 8.48. The van der Waals surface area contributed by atoms with E-state index in [2.05, 4.69) is 20.8 Å². The third-order valence-electron chi connectivity index (χ3n) is 3.52. The van der Waals surface area contributed by atoms with E-state index in [-0.39, 0.29) is 11.6 Å². The topological polar surface area (TPSA) is 55.6 Å². The van der Waals surface area contributed by atoms with Crippen LogP contribution in [0.1, 0.15) is 54.4 Å². The van der Waals surface area contributed by atoms with Crippen molar-refractivity contribution in [3.63, 3.8) is 0 Å². The number of nitrogens with two attached hydrogens (primary N) is 1. The van der Waals surface area contributed by atoms with Gasteiger partial charge in [-0.25, -0.2) is 4.79 Å². The molecule has 4 heteroatoms. The second-order valence-electron chi connectivity index (χ2n) is 7.65. The Morgan fingerprint density at radius 1 is 1.32 bits per heavy atom. The summed E-state index contributed by atoms with van der Waals surface area (Å²) in [5.74, 6) is 1.07. The Labute approximate surface area is 117 Å². The summed E-state index contributed by atoms with van der Waals surface area (Å²) in [6.07, 6.45) is 1.84. The number of piperidine rings is 1. The highest BCUT2D eigenvalue weighted by atomic mass is 16.6. The van der Waals surface area contributed by atoms with E-state index in [1.54, 1.807) is 0 Å². The Balaban J connectivity index is 2.52. The summed E-state index contributed by atoms with van der Waals surface area (Å²) in [6.45, 7) is 13.6. The highest BCUT2D eigenvalue weighted by molar-refractivity contribution is 5.68. The first kappa shape index (κ1) is 16.3. The number of nitrogens with zero attached hydrogens (tertiary/aromatic N) is 1. The van der Waals surface area contributed by atoms with E-state index in [4.69, 9.17) is 10.5 Å². The quantitative estimate of drug-likeness (QED) is 0.839. The molecule has 0 aliphatic carbocycles. The molecule has 19 heavy (non-hydrogen) atoms. The van der Waals surface area contributed by atoms with Gasteiger partial charge < -0.3 is 15.4 Å². The monoisotopic (exact) mass is 270 g/mol. The van der Waals surface area contributed by atoms with Crippen molar-refractivity contribution < 1.29 is 9.53 Å². The van der Waals surface area contributed by atoms with E-state index in [0.717, 1.165) is 25.9 Å². The van der Waals surface area contributed by atoms with Crippen LogP contribution in [0.3, 0.4) is 0 Å². The number of carbonyl (C=O) groups is 1. The zero-order chi connectivity index (χ0) is 14.8. The van der Waals surface area contributed by atoms with Crippen LogP contribution in [-0.4, -0.2) is 35.2 Å². The van der Waals surface area contributed by atoms with E-state index in [9.17, 15) is 4.79 Å². The van der Waals surface area contributed by atoms with Crippen LogP contribution < -0.4 is 5.73 Å². The molecule has 1 aliphatic heterocycles. The van der Waals surface area contributed by atoms with Crippen molar-refractivity contribution >= 4 is 6.09 Å². The first-order valence-corrected chi connectivity index (χ1v) is 7.25. The number of hydrogen-bond acceptors (Lipinski definition) is 3. The molecule has 0 saturated carbocycles. The fraction of sp³-hybridized carbons (Fsp3) is 0.933. The Bertz CT molecular complexity index is 315. The van der Waals surface area contributed by atoms with Gasteiger partial charge in [0.15, 0.2) is 0 Å². The summed E-state index contributed by atoms with van der Waals surface area (Å²) in [4.78, 5) is 13.9. The third kappa shape index (κ3) is 5.81. The second-order valence-corrected chi connectivity index (χ2v) is 7.65. The molecule has 112 valence electrons. The molecule has 1 aliphatic rings. The zero-order valence-electron chi connectivity index (χ0n) is 13.3. The molecule has 0 aromatic heterocycles. The van der Waals surface area contributed by atoms with Gasteiger partial charge in [0.1, 0.15) is 5.60 Å². The number of carbonyl (C=O) groups excluding carboxylic acids is 1. The number of rotatable bonds is 2. The summed E-state index contributed by atoms with van der Waals surface area (Å²) >= 11 is 0. The average Bonchev–Trinajstić information content (AvgIpc) is 2.16. The van der Waals surface area contributed by atoms with Gasteiger partial charge >= 0.3 is 6.09 Å². The minimum absolute atomic E-state index is 0.132. The lowest BCUT2D eigenvalue weighted by Crippen LogP contribution is -2.47. The molecule has 4 nitrogen and oxygen atoms in total. The first-order valence-electron chi connectivity index (χ1n) is 7.25. The summed E-state index contributed by atoms with van der Waals surface area (Å²) in [5.41, 5.74) is 5.55. The minimum atomic E-state index is -0.420. The summed E-state index contributed by atoms with van der Waals surface area (Å²) < 4.78 is 5.42. The van der Waals surface area contributed by atoms with Crippen LogP contribution in [0.4, 0.5) is 4.79 Å². The molecule has 2 atom stereocenters. The SMILES string of the molecule is CC1CN(C(=O)OC(C)(C)C)CCC1CC(C)(C)N. The van der Waals surface area contributed by atoms with Gasteiger partial charge in [0.05, 0.1) is 0 Å². The maximum Gasteiger partial charge on any atom is 0.410 e. The van der Waals surface area contributed by atoms with Crippen molar-refractivity contribution in [3.8, 4) is 0 Å². The molecule has 0 spiro atoms. The molecule has 1 rings (SSSR count). The second kappa shape index (κ2) is 5.70. The molecule has 0 bridgehead atoms. The maximum atomic E-state index is 12.0. The van der Waals surface area contributed by atoms with Crippen molar-refractivity contribution in [1.82, 2.24) is 4.90 Å². The number of ether oxygens (including phenoxy) is 1. The van der Waals surface area contributed by atoms with E-state index in [0.29, 0.717) is 11.8 Å². The van der Waals surface area contributed by atoms with Crippen LogP contribution in [-0.2, 0) is 4.74 Å². The van der Waals surface area contributed by atoms with Crippen LogP contribution >= 0.6 is 0 Å². The largest absolute Gasteiger partial charge is 0.444 e. The highest BCUT2D eigenvalue weighted by Gasteiger charge is 2.33. The van der Waals surface area contributed by atoms with Crippen LogP contribution in [0.5, 0.6) is 0 Å². The van der Waals surface area contributed by atoms with Crippen molar-refractivity contribution in [1.29, 1.82) is 0 Å². The molecule has 1 fully saturated rings. The molecule has 1 saturated heterocycles. The molecule has 0 aromatic rings. The number of amides is 1. The molecule has 1 heterocycles. The fourth-order valence-electron chi connectivity index (χ4n) is 2.67. The average molecular weight is 270 g/mol. The molecular formula is C15H30N2O2. The Morgan fingerprint density at radius 2 is 1.89 bits per heavy atom. The summed E-state index contributed by atoms with van der Waals surface area (Å²) in [6, 6.07) is 0. The maximum absolute atomic E-state index is 12.0. The molecule has 0 radical (unpaired) electrons. The van der Waals surface area contributed by atoms with E-state index < -0.39 is 5.60 Å². The smallest absolute Gasteiger partial charge is 0.410 e. The number of hydrogen-bond donors (Lipinski definition) is 1. The summed E-state index contributed by atoms with van der Waals surface area (Å²) in [7, 11) is 0. The molecule has 2 unspecified atom stereocenters. The fourth-order valence-corrected chi connectivity index (χ4v) is 2.67. The van der Waals surface area contributed by atoms with Gasteiger partial charge in [-0.05, 0) is 59.3 Å². The molecular weight excluding hydrogens is 240 g/mol. The van der Waals surface area contributed by atoms with E-state index >= 15 is 0 Å². The van der Waals surface area contributed by atoms with Gasteiger partial charge in [-0.2, -0.15) is 0 Å². The number of likely N-dealkylation sites (tertiary alicyclic amines) is 1. The Kier molecular flexibility index (Phi) is 4.88. The predicted octanol–water partition coefficient (Wildman–Crippen LogP) is 3.01. The van der Waals surface area contributed by atoms with Gasteiger partial charge in [-0.15, -0.1) is 0 Å². The summed E-state index contributed by atoms with van der Waals surface area (Å²) in [5, 5.41) is 0. The molecule has 0 aromatic carbocycles. The van der Waals surface area contributed by atoms with Crippen molar-refractivity contribution in [2.45, 2.75) is 65.5 Å². The highest BCUT2D eigenvalue weighted by Crippen LogP contribution is 2.30. The lowest BCUT2D eigenvalue weighted by molar-refractivity contribution is 0.0100. The van der Waals surface area contributed by atoms with Crippen molar-refractivity contribution in [2.75, 3.05) is 13.1 Å². The standard InChI is InChI=1S/C15H30N2O2/c1-11-10-17(13(18)19-14(2,3)4)8-7-12(11)9-15(5,6)16/h11-12H,7-10,16H2,1-6H3. The van der Waals surface area contributed by atoms with E-state index in [1.165, 1.54) is 0 Å². The van der Waals surface area contributed by atoms with Gasteiger partial charge in [0, 0.05) is 18.6 Å².